The molecule has 24 heavy (non-hydrogen) atoms. The maximum Gasteiger partial charge on any atom is 0.234 e. The van der Waals surface area contributed by atoms with Gasteiger partial charge in [0.15, 0.2) is 0 Å². The van der Waals surface area contributed by atoms with Crippen LogP contribution < -0.4 is 0 Å². The predicted octanol–water partition coefficient (Wildman–Crippen LogP) is 2.44. The minimum atomic E-state index is -1.28. The van der Waals surface area contributed by atoms with Gasteiger partial charge in [0.05, 0.1) is 12.6 Å². The first kappa shape index (κ1) is 15.9. The highest BCUT2D eigenvalue weighted by Gasteiger charge is 2.31. The van der Waals surface area contributed by atoms with Crippen molar-refractivity contribution in [2.45, 2.75) is 12.2 Å². The summed E-state index contributed by atoms with van der Waals surface area (Å²) in [6, 6.07) is 11.3. The number of nitrogens with zero attached hydrogens (tertiary/aromatic N) is 3. The molecule has 120 valence electrons. The normalized spacial score (nSPS) is 15.1. The van der Waals surface area contributed by atoms with E-state index in [1.165, 1.54) is 12.1 Å². The molecule has 3 rings (SSSR count). The van der Waals surface area contributed by atoms with Crippen LogP contribution in [0.3, 0.4) is 0 Å². The molecule has 0 heterocycles. The molecule has 7 heteroatoms. The molecule has 0 bridgehead atoms. The lowest BCUT2D eigenvalue weighted by molar-refractivity contribution is 0.0244. The molecule has 0 saturated heterocycles. The van der Waals surface area contributed by atoms with Crippen LogP contribution in [0, 0.1) is 0 Å². The highest BCUT2D eigenvalue weighted by Crippen LogP contribution is 2.35. The van der Waals surface area contributed by atoms with E-state index in [2.05, 4.69) is 10.0 Å². The highest BCUT2D eigenvalue weighted by atomic mass is 16.3. The molecule has 1 aliphatic rings. The van der Waals surface area contributed by atoms with E-state index >= 15 is 0 Å². The molecule has 0 amide bonds. The fraction of sp³-hybridized carbons (Fsp3) is 0.176. The molecule has 7 nitrogen and oxygen atoms in total. The van der Waals surface area contributed by atoms with Gasteiger partial charge in [0.25, 0.3) is 0 Å². The van der Waals surface area contributed by atoms with E-state index in [0.717, 1.165) is 0 Å². The topological polar surface area (TPSA) is 123 Å². The van der Waals surface area contributed by atoms with Gasteiger partial charge >= 0.3 is 0 Å². The molecule has 2 aromatic rings. The Morgan fingerprint density at radius 3 is 2.25 bits per heavy atom. The predicted molar refractivity (Wildman–Crippen MR) is 85.5 cm³/mol. The van der Waals surface area contributed by atoms with E-state index in [1.54, 1.807) is 30.3 Å². The molecule has 0 fully saturated rings. The Kier molecular flexibility index (Phi) is 4.14. The summed E-state index contributed by atoms with van der Waals surface area (Å²) >= 11 is 0. The van der Waals surface area contributed by atoms with Crippen LogP contribution in [0.5, 0.6) is 0 Å². The first-order chi connectivity index (χ1) is 11.5. The maximum atomic E-state index is 12.2. The van der Waals surface area contributed by atoms with Gasteiger partial charge in [-0.1, -0.05) is 35.4 Å². The SMILES string of the molecule is [N-]=[N+]=NCC(O)C(O)c1ccc2c(c1)-c1ccccc1C(=O)C2=O. The number of hydrogen-bond donors (Lipinski definition) is 2. The fourth-order valence-corrected chi connectivity index (χ4v) is 2.77. The van der Waals surface area contributed by atoms with Gasteiger partial charge in [-0.2, -0.15) is 0 Å². The summed E-state index contributed by atoms with van der Waals surface area (Å²) in [7, 11) is 0. The van der Waals surface area contributed by atoms with E-state index in [9.17, 15) is 19.8 Å². The molecule has 2 unspecified atom stereocenters. The molecule has 0 saturated carbocycles. The number of carbonyl (C=O) groups excluding carboxylic acids is 2. The van der Waals surface area contributed by atoms with Crippen LogP contribution in [0.25, 0.3) is 21.6 Å². The van der Waals surface area contributed by atoms with Gasteiger partial charge in [-0.15, -0.1) is 0 Å². The summed E-state index contributed by atoms with van der Waals surface area (Å²) in [5.74, 6) is -1.16. The number of rotatable bonds is 4. The molecule has 0 spiro atoms. The molecule has 2 atom stereocenters. The van der Waals surface area contributed by atoms with Gasteiger partial charge in [-0.25, -0.2) is 0 Å². The molecule has 2 N–H and O–H groups in total. The van der Waals surface area contributed by atoms with Crippen LogP contribution in [-0.4, -0.2) is 34.4 Å². The number of hydrogen-bond acceptors (Lipinski definition) is 5. The highest BCUT2D eigenvalue weighted by molar-refractivity contribution is 6.52. The second kappa shape index (κ2) is 6.25. The number of Topliss-reactive ketones (excluding diaryl/α,β-unsaturated/α-hetero) is 2. The number of fused-ring (bicyclic) bond motifs is 3. The monoisotopic (exact) mass is 323 g/mol. The number of azide groups is 1. The van der Waals surface area contributed by atoms with E-state index in [1.807, 2.05) is 0 Å². The Morgan fingerprint density at radius 1 is 0.958 bits per heavy atom. The second-order valence-electron chi connectivity index (χ2n) is 5.43. The van der Waals surface area contributed by atoms with Crippen LogP contribution >= 0.6 is 0 Å². The first-order valence-corrected chi connectivity index (χ1v) is 7.24. The second-order valence-corrected chi connectivity index (χ2v) is 5.43. The number of ketones is 2. The lowest BCUT2D eigenvalue weighted by atomic mass is 9.82. The number of carbonyl (C=O) groups is 2. The molecular weight excluding hydrogens is 310 g/mol. The van der Waals surface area contributed by atoms with Crippen LogP contribution in [0.15, 0.2) is 47.6 Å². The summed E-state index contributed by atoms with van der Waals surface area (Å²) < 4.78 is 0. The van der Waals surface area contributed by atoms with Crippen molar-refractivity contribution in [1.82, 2.24) is 0 Å². The zero-order chi connectivity index (χ0) is 17.3. The van der Waals surface area contributed by atoms with Gasteiger partial charge in [-0.05, 0) is 34.4 Å². The van der Waals surface area contributed by atoms with E-state index in [0.29, 0.717) is 22.3 Å². The van der Waals surface area contributed by atoms with E-state index in [4.69, 9.17) is 5.53 Å². The largest absolute Gasteiger partial charge is 0.390 e. The van der Waals surface area contributed by atoms with Crippen molar-refractivity contribution >= 4 is 11.6 Å². The minimum absolute atomic E-state index is 0.263. The summed E-state index contributed by atoms with van der Waals surface area (Å²) in [6.07, 6.45) is -2.55. The van der Waals surface area contributed by atoms with Gasteiger partial charge in [-0.3, -0.25) is 9.59 Å². The molecule has 1 aliphatic carbocycles. The molecule has 0 aromatic heterocycles. The van der Waals surface area contributed by atoms with Crippen molar-refractivity contribution < 1.29 is 19.8 Å². The molecular formula is C17H13N3O4. The third-order valence-corrected chi connectivity index (χ3v) is 3.99. The zero-order valence-corrected chi connectivity index (χ0v) is 12.5. The van der Waals surface area contributed by atoms with Crippen LogP contribution in [0.2, 0.25) is 0 Å². The Balaban J connectivity index is 2.07. The Morgan fingerprint density at radius 2 is 1.58 bits per heavy atom. The average molecular weight is 323 g/mol. The molecule has 0 aliphatic heterocycles. The van der Waals surface area contributed by atoms with Gasteiger partial charge in [0.1, 0.15) is 6.10 Å². The maximum absolute atomic E-state index is 12.2. The third-order valence-electron chi connectivity index (χ3n) is 3.99. The summed E-state index contributed by atoms with van der Waals surface area (Å²) in [5, 5.41) is 23.3. The average Bonchev–Trinajstić information content (AvgIpc) is 2.63. The Labute approximate surface area is 136 Å². The van der Waals surface area contributed by atoms with Gasteiger partial charge < -0.3 is 10.2 Å². The molecule has 0 radical (unpaired) electrons. The van der Waals surface area contributed by atoms with Crippen molar-refractivity contribution in [2.24, 2.45) is 5.11 Å². The molecule has 2 aromatic carbocycles. The van der Waals surface area contributed by atoms with Crippen LogP contribution in [0.4, 0.5) is 0 Å². The summed E-state index contributed by atoms with van der Waals surface area (Å²) in [5.41, 5.74) is 10.4. The van der Waals surface area contributed by atoms with Crippen molar-refractivity contribution in [3.8, 4) is 11.1 Å². The lowest BCUT2D eigenvalue weighted by Gasteiger charge is -2.21. The van der Waals surface area contributed by atoms with Crippen molar-refractivity contribution in [3.05, 3.63) is 69.6 Å². The zero-order valence-electron chi connectivity index (χ0n) is 12.5. The Bertz CT molecular complexity index is 887. The first-order valence-electron chi connectivity index (χ1n) is 7.24. The van der Waals surface area contributed by atoms with Crippen LogP contribution in [-0.2, 0) is 0 Å². The number of benzene rings is 2. The number of aliphatic hydroxyl groups excluding tert-OH is 2. The van der Waals surface area contributed by atoms with E-state index in [-0.39, 0.29) is 12.1 Å². The fourth-order valence-electron chi connectivity index (χ4n) is 2.77. The van der Waals surface area contributed by atoms with Crippen molar-refractivity contribution in [3.63, 3.8) is 0 Å². The van der Waals surface area contributed by atoms with Crippen molar-refractivity contribution in [1.29, 1.82) is 0 Å². The van der Waals surface area contributed by atoms with Gasteiger partial charge in [0, 0.05) is 16.0 Å². The minimum Gasteiger partial charge on any atom is -0.390 e. The summed E-state index contributed by atoms with van der Waals surface area (Å²) in [4.78, 5) is 26.9. The quantitative estimate of drug-likeness (QED) is 0.388. The van der Waals surface area contributed by atoms with Gasteiger partial charge in [0.2, 0.25) is 11.6 Å². The number of aliphatic hydroxyl groups is 2. The Hall–Kier alpha value is -2.99. The smallest absolute Gasteiger partial charge is 0.234 e. The van der Waals surface area contributed by atoms with E-state index < -0.39 is 23.8 Å². The summed E-state index contributed by atoms with van der Waals surface area (Å²) in [6.45, 7) is -0.275. The third kappa shape index (κ3) is 2.57. The lowest BCUT2D eigenvalue weighted by Crippen LogP contribution is -2.23. The van der Waals surface area contributed by atoms with Crippen LogP contribution in [0.1, 0.15) is 32.4 Å². The standard InChI is InChI=1S/C17H13N3O4/c18-20-19-8-14(21)15(22)9-5-6-12-13(7-9)10-3-1-2-4-11(10)16(23)17(12)24/h1-7,14-15,21-22H,8H2. The van der Waals surface area contributed by atoms with Crippen molar-refractivity contribution in [2.75, 3.05) is 6.54 Å².